The van der Waals surface area contributed by atoms with E-state index in [0.717, 1.165) is 24.1 Å². The van der Waals surface area contributed by atoms with E-state index in [1.54, 1.807) is 6.20 Å². The van der Waals surface area contributed by atoms with Crippen molar-refractivity contribution in [3.8, 4) is 0 Å². The Bertz CT molecular complexity index is 688. The second-order valence-corrected chi connectivity index (χ2v) is 6.67. The number of aromatic nitrogens is 1. The van der Waals surface area contributed by atoms with Gasteiger partial charge in [-0.05, 0) is 48.6 Å². The number of hydrogen-bond acceptors (Lipinski definition) is 2. The fourth-order valence-electron chi connectivity index (χ4n) is 2.99. The molecule has 0 bridgehead atoms. The van der Waals surface area contributed by atoms with Gasteiger partial charge in [-0.15, -0.1) is 11.6 Å². The van der Waals surface area contributed by atoms with E-state index in [1.165, 1.54) is 0 Å². The molecule has 0 N–H and O–H groups in total. The summed E-state index contributed by atoms with van der Waals surface area (Å²) in [4.78, 5) is 19.2. The molecule has 1 aliphatic rings. The first kappa shape index (κ1) is 16.3. The van der Waals surface area contributed by atoms with Gasteiger partial charge in [-0.3, -0.25) is 9.78 Å². The van der Waals surface area contributed by atoms with Crippen molar-refractivity contribution in [2.24, 2.45) is 5.92 Å². The summed E-state index contributed by atoms with van der Waals surface area (Å²) in [7, 11) is 0. The molecule has 1 unspecified atom stereocenters. The average Bonchev–Trinajstić information content (AvgIpc) is 2.68. The lowest BCUT2D eigenvalue weighted by Crippen LogP contribution is -2.33. The molecule has 120 valence electrons. The molecule has 1 atom stereocenters. The Balaban J connectivity index is 1.88. The van der Waals surface area contributed by atoms with Gasteiger partial charge < -0.3 is 4.90 Å². The maximum atomic E-state index is 12.9. The average molecular weight is 349 g/mol. The predicted molar refractivity (Wildman–Crippen MR) is 93.0 cm³/mol. The summed E-state index contributed by atoms with van der Waals surface area (Å²) < 4.78 is 0. The lowest BCUT2D eigenvalue weighted by Gasteiger charge is -2.24. The summed E-state index contributed by atoms with van der Waals surface area (Å²) >= 11 is 11.9. The molecule has 1 amide bonds. The number of halogens is 2. The third kappa shape index (κ3) is 3.85. The molecule has 3 nitrogen and oxygen atoms in total. The van der Waals surface area contributed by atoms with Gasteiger partial charge in [0.1, 0.15) is 0 Å². The molecular weight excluding hydrogens is 331 g/mol. The first-order valence-electron chi connectivity index (χ1n) is 7.71. The van der Waals surface area contributed by atoms with E-state index in [0.29, 0.717) is 35.5 Å². The highest BCUT2D eigenvalue weighted by atomic mass is 35.5. The summed E-state index contributed by atoms with van der Waals surface area (Å²) in [6, 6.07) is 11.3. The van der Waals surface area contributed by atoms with Gasteiger partial charge in [-0.25, -0.2) is 0 Å². The molecule has 23 heavy (non-hydrogen) atoms. The zero-order valence-corrected chi connectivity index (χ0v) is 14.2. The van der Waals surface area contributed by atoms with Crippen LogP contribution in [-0.4, -0.2) is 28.2 Å². The maximum Gasteiger partial charge on any atom is 0.256 e. The van der Waals surface area contributed by atoms with Crippen LogP contribution in [0.25, 0.3) is 0 Å². The minimum absolute atomic E-state index is 0.0418. The Hall–Kier alpha value is -1.58. The van der Waals surface area contributed by atoms with E-state index in [9.17, 15) is 4.79 Å². The molecule has 5 heteroatoms. The fourth-order valence-corrected chi connectivity index (χ4v) is 3.43. The zero-order valence-electron chi connectivity index (χ0n) is 12.7. The van der Waals surface area contributed by atoms with Crippen molar-refractivity contribution in [2.75, 3.05) is 12.4 Å². The van der Waals surface area contributed by atoms with Crippen LogP contribution in [0.15, 0.2) is 42.6 Å². The lowest BCUT2D eigenvalue weighted by molar-refractivity contribution is 0.0725. The van der Waals surface area contributed by atoms with Crippen LogP contribution in [0.2, 0.25) is 5.02 Å². The normalized spacial score (nSPS) is 17.7. The van der Waals surface area contributed by atoms with Gasteiger partial charge in [0, 0.05) is 30.2 Å². The summed E-state index contributed by atoms with van der Waals surface area (Å²) in [5, 5.41) is 0.700. The summed E-state index contributed by atoms with van der Waals surface area (Å²) in [5.74, 6) is 0.968. The number of benzene rings is 1. The first-order chi connectivity index (χ1) is 11.2. The fraction of sp³-hybridized carbons (Fsp3) is 0.333. The molecule has 0 radical (unpaired) electrons. The van der Waals surface area contributed by atoms with E-state index >= 15 is 0 Å². The number of hydrogen-bond donors (Lipinski definition) is 0. The molecule has 2 aromatic rings. The van der Waals surface area contributed by atoms with Crippen LogP contribution < -0.4 is 0 Å². The van der Waals surface area contributed by atoms with Crippen molar-refractivity contribution in [2.45, 2.75) is 19.4 Å². The SMILES string of the molecule is O=C1c2cccnc2CC(CCCl)CN1Cc1ccc(Cl)cc1. The number of amides is 1. The Labute approximate surface area is 146 Å². The highest BCUT2D eigenvalue weighted by Crippen LogP contribution is 2.24. The monoisotopic (exact) mass is 348 g/mol. The van der Waals surface area contributed by atoms with Gasteiger partial charge in [0.25, 0.3) is 5.91 Å². The number of carbonyl (C=O) groups excluding carboxylic acids is 1. The second-order valence-electron chi connectivity index (χ2n) is 5.86. The molecule has 1 aliphatic heterocycles. The highest BCUT2D eigenvalue weighted by molar-refractivity contribution is 6.30. The molecule has 0 fully saturated rings. The second kappa shape index (κ2) is 7.33. The lowest BCUT2D eigenvalue weighted by atomic mass is 9.99. The van der Waals surface area contributed by atoms with Crippen molar-refractivity contribution in [3.63, 3.8) is 0 Å². The third-order valence-corrected chi connectivity index (χ3v) is 4.64. The van der Waals surface area contributed by atoms with Crippen LogP contribution in [0.5, 0.6) is 0 Å². The number of rotatable bonds is 4. The van der Waals surface area contributed by atoms with Crippen molar-refractivity contribution in [1.29, 1.82) is 0 Å². The van der Waals surface area contributed by atoms with Crippen LogP contribution in [0.4, 0.5) is 0 Å². The van der Waals surface area contributed by atoms with Gasteiger partial charge in [-0.2, -0.15) is 0 Å². The van der Waals surface area contributed by atoms with Crippen LogP contribution >= 0.6 is 23.2 Å². The molecule has 0 saturated heterocycles. The van der Waals surface area contributed by atoms with E-state index in [-0.39, 0.29) is 5.91 Å². The Kier molecular flexibility index (Phi) is 5.19. The molecule has 1 aromatic heterocycles. The molecule has 0 aliphatic carbocycles. The standard InChI is InChI=1S/C18H18Cl2N2O/c19-8-7-14-10-17-16(2-1-9-21-17)18(23)22(12-14)11-13-3-5-15(20)6-4-13/h1-6,9,14H,7-8,10-12H2. The van der Waals surface area contributed by atoms with E-state index in [1.807, 2.05) is 41.3 Å². The quantitative estimate of drug-likeness (QED) is 0.776. The summed E-state index contributed by atoms with van der Waals surface area (Å²) in [6.45, 7) is 1.27. The van der Waals surface area contributed by atoms with Gasteiger partial charge in [-0.1, -0.05) is 23.7 Å². The molecule has 2 heterocycles. The summed E-state index contributed by atoms with van der Waals surface area (Å²) in [5.41, 5.74) is 2.66. The smallest absolute Gasteiger partial charge is 0.256 e. The van der Waals surface area contributed by atoms with Gasteiger partial charge >= 0.3 is 0 Å². The van der Waals surface area contributed by atoms with Crippen molar-refractivity contribution in [3.05, 3.63) is 64.4 Å². The summed E-state index contributed by atoms with van der Waals surface area (Å²) in [6.07, 6.45) is 3.42. The van der Waals surface area contributed by atoms with Gasteiger partial charge in [0.2, 0.25) is 0 Å². The maximum absolute atomic E-state index is 12.9. The largest absolute Gasteiger partial charge is 0.334 e. The molecule has 0 saturated carbocycles. The van der Waals surface area contributed by atoms with E-state index in [4.69, 9.17) is 23.2 Å². The zero-order chi connectivity index (χ0) is 16.2. The molecule has 0 spiro atoms. The van der Waals surface area contributed by atoms with E-state index < -0.39 is 0 Å². The van der Waals surface area contributed by atoms with Crippen molar-refractivity contribution >= 4 is 29.1 Å². The Morgan fingerprint density at radius 1 is 1.22 bits per heavy atom. The number of fused-ring (bicyclic) bond motifs is 1. The predicted octanol–water partition coefficient (Wildman–Crippen LogP) is 4.18. The minimum Gasteiger partial charge on any atom is -0.334 e. The molecular formula is C18H18Cl2N2O. The Morgan fingerprint density at radius 2 is 2.00 bits per heavy atom. The number of pyridine rings is 1. The van der Waals surface area contributed by atoms with Gasteiger partial charge in [0.05, 0.1) is 11.3 Å². The minimum atomic E-state index is 0.0418. The van der Waals surface area contributed by atoms with Crippen LogP contribution in [0.3, 0.4) is 0 Å². The first-order valence-corrected chi connectivity index (χ1v) is 8.62. The molecule has 1 aromatic carbocycles. The van der Waals surface area contributed by atoms with Crippen LogP contribution in [0.1, 0.15) is 28.0 Å². The van der Waals surface area contributed by atoms with Crippen LogP contribution in [-0.2, 0) is 13.0 Å². The number of nitrogens with zero attached hydrogens (tertiary/aromatic N) is 2. The molecule has 3 rings (SSSR count). The van der Waals surface area contributed by atoms with Crippen molar-refractivity contribution in [1.82, 2.24) is 9.88 Å². The van der Waals surface area contributed by atoms with Crippen LogP contribution in [0, 0.1) is 5.92 Å². The number of alkyl halides is 1. The topological polar surface area (TPSA) is 33.2 Å². The highest BCUT2D eigenvalue weighted by Gasteiger charge is 2.28. The van der Waals surface area contributed by atoms with Crippen molar-refractivity contribution < 1.29 is 4.79 Å². The number of carbonyl (C=O) groups is 1. The van der Waals surface area contributed by atoms with E-state index in [2.05, 4.69) is 4.98 Å². The third-order valence-electron chi connectivity index (χ3n) is 4.17. The Morgan fingerprint density at radius 3 is 2.74 bits per heavy atom. The van der Waals surface area contributed by atoms with Gasteiger partial charge in [0.15, 0.2) is 0 Å².